The van der Waals surface area contributed by atoms with E-state index in [-0.39, 0.29) is 0 Å². The standard InChI is InChI=1S/C18H27BrN6O/c1-13(2)23-6-3-14(4-7-23)10-24-11-15(9-21-24)25-18-16(17(19)22-25)5-8-26-12-20-18/h9,11,13-14,20H,3-8,10,12H2,1-2H3. The van der Waals surface area contributed by atoms with Gasteiger partial charge in [0.1, 0.15) is 22.8 Å². The van der Waals surface area contributed by atoms with E-state index in [1.807, 2.05) is 10.9 Å². The van der Waals surface area contributed by atoms with Crippen LogP contribution >= 0.6 is 15.9 Å². The summed E-state index contributed by atoms with van der Waals surface area (Å²) in [4.78, 5) is 2.56. The van der Waals surface area contributed by atoms with Gasteiger partial charge in [-0.15, -0.1) is 0 Å². The Morgan fingerprint density at radius 2 is 2.15 bits per heavy atom. The van der Waals surface area contributed by atoms with Gasteiger partial charge < -0.3 is 15.0 Å². The molecule has 4 rings (SSSR count). The number of ether oxygens (including phenoxy) is 1. The molecule has 2 aromatic rings. The number of aromatic nitrogens is 4. The predicted octanol–water partition coefficient (Wildman–Crippen LogP) is 2.89. The lowest BCUT2D eigenvalue weighted by Crippen LogP contribution is -2.39. The minimum atomic E-state index is 0.508. The smallest absolute Gasteiger partial charge is 0.136 e. The van der Waals surface area contributed by atoms with E-state index >= 15 is 0 Å². The van der Waals surface area contributed by atoms with Crippen LogP contribution in [0.3, 0.4) is 0 Å². The van der Waals surface area contributed by atoms with Crippen molar-refractivity contribution in [2.24, 2.45) is 5.92 Å². The molecular weight excluding hydrogens is 396 g/mol. The average Bonchev–Trinajstić information content (AvgIpc) is 3.11. The number of nitrogens with zero attached hydrogens (tertiary/aromatic N) is 5. The van der Waals surface area contributed by atoms with Crippen LogP contribution in [-0.2, 0) is 17.7 Å². The lowest BCUT2D eigenvalue weighted by molar-refractivity contribution is 0.140. The fourth-order valence-electron chi connectivity index (χ4n) is 3.86. The summed E-state index contributed by atoms with van der Waals surface area (Å²) in [5.74, 6) is 1.70. The highest BCUT2D eigenvalue weighted by Gasteiger charge is 2.23. The molecule has 2 aliphatic heterocycles. The first-order valence-electron chi connectivity index (χ1n) is 9.47. The van der Waals surface area contributed by atoms with Crippen LogP contribution in [0.25, 0.3) is 5.69 Å². The molecule has 7 nitrogen and oxygen atoms in total. The Morgan fingerprint density at radius 1 is 1.35 bits per heavy atom. The Morgan fingerprint density at radius 3 is 2.92 bits per heavy atom. The lowest BCUT2D eigenvalue weighted by Gasteiger charge is -2.34. The summed E-state index contributed by atoms with van der Waals surface area (Å²) in [5.41, 5.74) is 2.15. The molecule has 1 N–H and O–H groups in total. The van der Waals surface area contributed by atoms with Crippen LogP contribution in [0.1, 0.15) is 32.3 Å². The van der Waals surface area contributed by atoms with Crippen molar-refractivity contribution in [3.63, 3.8) is 0 Å². The van der Waals surface area contributed by atoms with Crippen LogP contribution in [0.5, 0.6) is 0 Å². The van der Waals surface area contributed by atoms with Gasteiger partial charge in [0.2, 0.25) is 0 Å². The molecule has 2 aromatic heterocycles. The van der Waals surface area contributed by atoms with Crippen molar-refractivity contribution in [1.82, 2.24) is 24.5 Å². The third kappa shape index (κ3) is 3.68. The van der Waals surface area contributed by atoms with Crippen LogP contribution in [0, 0.1) is 5.92 Å². The molecule has 0 aromatic carbocycles. The van der Waals surface area contributed by atoms with Crippen LogP contribution in [-0.4, -0.2) is 56.9 Å². The molecule has 142 valence electrons. The monoisotopic (exact) mass is 422 g/mol. The topological polar surface area (TPSA) is 60.1 Å². The quantitative estimate of drug-likeness (QED) is 0.820. The lowest BCUT2D eigenvalue weighted by atomic mass is 9.96. The van der Waals surface area contributed by atoms with Gasteiger partial charge >= 0.3 is 0 Å². The molecule has 26 heavy (non-hydrogen) atoms. The summed E-state index contributed by atoms with van der Waals surface area (Å²) < 4.78 is 10.4. The number of likely N-dealkylation sites (tertiary alicyclic amines) is 1. The van der Waals surface area contributed by atoms with Crippen LogP contribution in [0.2, 0.25) is 0 Å². The van der Waals surface area contributed by atoms with Crippen molar-refractivity contribution >= 4 is 21.7 Å². The summed E-state index contributed by atoms with van der Waals surface area (Å²) >= 11 is 3.58. The van der Waals surface area contributed by atoms with Crippen LogP contribution in [0.15, 0.2) is 17.0 Å². The molecule has 0 atom stereocenters. The number of halogens is 1. The first-order valence-corrected chi connectivity index (χ1v) is 10.3. The second-order valence-corrected chi connectivity index (χ2v) is 8.25. The summed E-state index contributed by atoms with van der Waals surface area (Å²) in [6.45, 7) is 9.15. The number of hydrogen-bond acceptors (Lipinski definition) is 5. The Kier molecular flexibility index (Phi) is 5.33. The number of fused-ring (bicyclic) bond motifs is 1. The van der Waals surface area contributed by atoms with Crippen LogP contribution < -0.4 is 5.32 Å². The molecule has 0 unspecified atom stereocenters. The first kappa shape index (κ1) is 18.0. The SMILES string of the molecule is CC(C)N1CCC(Cn2cc(-n3nc(Br)c4c3NCOCC4)cn2)CC1. The highest BCUT2D eigenvalue weighted by atomic mass is 79.9. The van der Waals surface area contributed by atoms with E-state index in [4.69, 9.17) is 4.74 Å². The molecule has 0 spiro atoms. The summed E-state index contributed by atoms with van der Waals surface area (Å²) in [6, 6.07) is 0.650. The zero-order chi connectivity index (χ0) is 18.1. The number of piperidine rings is 1. The van der Waals surface area contributed by atoms with E-state index in [0.717, 1.165) is 34.6 Å². The number of anilines is 1. The van der Waals surface area contributed by atoms with E-state index < -0.39 is 0 Å². The highest BCUT2D eigenvalue weighted by Crippen LogP contribution is 2.29. The van der Waals surface area contributed by atoms with E-state index in [1.54, 1.807) is 0 Å². The van der Waals surface area contributed by atoms with E-state index in [9.17, 15) is 0 Å². The molecule has 0 bridgehead atoms. The summed E-state index contributed by atoms with van der Waals surface area (Å²) in [6.07, 6.45) is 7.34. The van der Waals surface area contributed by atoms with Gasteiger partial charge in [-0.05, 0) is 61.6 Å². The van der Waals surface area contributed by atoms with Gasteiger partial charge in [-0.25, -0.2) is 4.68 Å². The zero-order valence-electron chi connectivity index (χ0n) is 15.5. The minimum Gasteiger partial charge on any atom is -0.361 e. The highest BCUT2D eigenvalue weighted by molar-refractivity contribution is 9.10. The van der Waals surface area contributed by atoms with Gasteiger partial charge in [-0.1, -0.05) is 0 Å². The molecule has 0 aliphatic carbocycles. The molecule has 0 amide bonds. The summed E-state index contributed by atoms with van der Waals surface area (Å²) in [7, 11) is 0. The second-order valence-electron chi connectivity index (χ2n) is 7.50. The van der Waals surface area contributed by atoms with E-state index in [2.05, 4.69) is 61.1 Å². The van der Waals surface area contributed by atoms with Gasteiger partial charge in [0.05, 0.1) is 19.0 Å². The van der Waals surface area contributed by atoms with Gasteiger partial charge in [0.25, 0.3) is 0 Å². The normalized spacial score (nSPS) is 19.4. The van der Waals surface area contributed by atoms with Gasteiger partial charge in [0.15, 0.2) is 0 Å². The average molecular weight is 423 g/mol. The number of nitrogens with one attached hydrogen (secondary N) is 1. The fraction of sp³-hybridized carbons (Fsp3) is 0.667. The number of rotatable bonds is 4. The molecule has 4 heterocycles. The molecule has 1 saturated heterocycles. The van der Waals surface area contributed by atoms with Gasteiger partial charge in [0, 0.05) is 24.6 Å². The second kappa shape index (κ2) is 7.70. The Bertz CT molecular complexity index is 747. The van der Waals surface area contributed by atoms with Crippen molar-refractivity contribution in [2.75, 3.05) is 31.7 Å². The molecule has 0 radical (unpaired) electrons. The molecule has 1 fully saturated rings. The molecular formula is C18H27BrN6O. The first-order chi connectivity index (χ1) is 12.6. The third-order valence-corrected chi connectivity index (χ3v) is 6.10. The maximum Gasteiger partial charge on any atom is 0.136 e. The molecule has 8 heteroatoms. The van der Waals surface area contributed by atoms with Gasteiger partial charge in [-0.2, -0.15) is 10.2 Å². The summed E-state index contributed by atoms with van der Waals surface area (Å²) in [5, 5.41) is 12.6. The maximum atomic E-state index is 5.51. The number of hydrogen-bond donors (Lipinski definition) is 1. The van der Waals surface area contributed by atoms with Gasteiger partial charge in [-0.3, -0.25) is 4.68 Å². The minimum absolute atomic E-state index is 0.508. The van der Waals surface area contributed by atoms with Crippen molar-refractivity contribution in [1.29, 1.82) is 0 Å². The van der Waals surface area contributed by atoms with E-state index in [1.165, 1.54) is 25.9 Å². The maximum absolute atomic E-state index is 5.51. The zero-order valence-corrected chi connectivity index (χ0v) is 17.1. The fourth-order valence-corrected chi connectivity index (χ4v) is 4.40. The van der Waals surface area contributed by atoms with Crippen molar-refractivity contribution in [3.8, 4) is 5.69 Å². The Hall–Kier alpha value is -1.38. The van der Waals surface area contributed by atoms with Crippen molar-refractivity contribution < 1.29 is 4.74 Å². The van der Waals surface area contributed by atoms with E-state index in [0.29, 0.717) is 25.3 Å². The molecule has 2 aliphatic rings. The largest absolute Gasteiger partial charge is 0.361 e. The molecule has 0 saturated carbocycles. The predicted molar refractivity (Wildman–Crippen MR) is 105 cm³/mol. The van der Waals surface area contributed by atoms with Crippen LogP contribution in [0.4, 0.5) is 5.82 Å². The Balaban J connectivity index is 1.46. The van der Waals surface area contributed by atoms with Crippen molar-refractivity contribution in [2.45, 2.75) is 45.7 Å². The van der Waals surface area contributed by atoms with Crippen molar-refractivity contribution in [3.05, 3.63) is 22.6 Å². The Labute approximate surface area is 162 Å². The third-order valence-electron chi connectivity index (χ3n) is 5.46.